The summed E-state index contributed by atoms with van der Waals surface area (Å²) in [6.45, 7) is 0. The number of imidazole rings is 1. The molecule has 0 aliphatic heterocycles. The van der Waals surface area contributed by atoms with Gasteiger partial charge in [0, 0.05) is 23.6 Å². The molecule has 0 fully saturated rings. The zero-order valence-electron chi connectivity index (χ0n) is 12.3. The quantitative estimate of drug-likeness (QED) is 0.632. The standard InChI is InChI=1S/C18H14N4O/c23-18(20-22-13-19-16-5-1-2-6-17(16)22)14-7-9-15(10-8-14)21-11-3-4-12-21/h1-13H,(H,20,23). The largest absolute Gasteiger partial charge is 0.324 e. The molecular weight excluding hydrogens is 288 g/mol. The van der Waals surface area contributed by atoms with Gasteiger partial charge >= 0.3 is 0 Å². The van der Waals surface area contributed by atoms with E-state index in [1.807, 2.05) is 77.6 Å². The summed E-state index contributed by atoms with van der Waals surface area (Å²) in [7, 11) is 0. The number of nitrogens with one attached hydrogen (secondary N) is 1. The lowest BCUT2D eigenvalue weighted by Gasteiger charge is -2.08. The highest BCUT2D eigenvalue weighted by atomic mass is 16.2. The summed E-state index contributed by atoms with van der Waals surface area (Å²) in [4.78, 5) is 16.6. The topological polar surface area (TPSA) is 51.9 Å². The fraction of sp³-hybridized carbons (Fsp3) is 0. The summed E-state index contributed by atoms with van der Waals surface area (Å²) in [6, 6.07) is 19.0. The van der Waals surface area contributed by atoms with Gasteiger partial charge in [-0.05, 0) is 48.5 Å². The Morgan fingerprint density at radius 3 is 2.43 bits per heavy atom. The van der Waals surface area contributed by atoms with Crippen molar-refractivity contribution < 1.29 is 4.79 Å². The Hall–Kier alpha value is -3.34. The highest BCUT2D eigenvalue weighted by Gasteiger charge is 2.08. The van der Waals surface area contributed by atoms with Crippen LogP contribution in [-0.4, -0.2) is 20.1 Å². The molecule has 1 amide bonds. The fourth-order valence-corrected chi connectivity index (χ4v) is 2.51. The number of aromatic nitrogens is 3. The van der Waals surface area contributed by atoms with E-state index in [4.69, 9.17) is 0 Å². The molecule has 2 aromatic heterocycles. The first-order chi connectivity index (χ1) is 11.3. The predicted octanol–water partition coefficient (Wildman–Crippen LogP) is 3.21. The summed E-state index contributed by atoms with van der Waals surface area (Å²) in [5.41, 5.74) is 6.16. The minimum atomic E-state index is -0.174. The van der Waals surface area contributed by atoms with Crippen molar-refractivity contribution in [1.82, 2.24) is 14.2 Å². The van der Waals surface area contributed by atoms with Gasteiger partial charge in [0.2, 0.25) is 0 Å². The number of nitrogens with zero attached hydrogens (tertiary/aromatic N) is 3. The van der Waals surface area contributed by atoms with Gasteiger partial charge in [-0.15, -0.1) is 0 Å². The lowest BCUT2D eigenvalue weighted by atomic mass is 10.2. The summed E-state index contributed by atoms with van der Waals surface area (Å²) in [5.74, 6) is -0.174. The van der Waals surface area contributed by atoms with Crippen LogP contribution in [0.2, 0.25) is 0 Å². The second-order valence-corrected chi connectivity index (χ2v) is 5.18. The SMILES string of the molecule is O=C(Nn1cnc2ccccc21)c1ccc(-n2cccc2)cc1. The molecule has 0 unspecified atom stereocenters. The van der Waals surface area contributed by atoms with Gasteiger partial charge in [-0.25, -0.2) is 9.66 Å². The summed E-state index contributed by atoms with van der Waals surface area (Å²) in [6.07, 6.45) is 5.54. The van der Waals surface area contributed by atoms with Crippen LogP contribution >= 0.6 is 0 Å². The Labute approximate surface area is 132 Å². The van der Waals surface area contributed by atoms with E-state index in [1.54, 1.807) is 11.0 Å². The van der Waals surface area contributed by atoms with Crippen molar-refractivity contribution in [2.45, 2.75) is 0 Å². The Balaban J connectivity index is 1.57. The van der Waals surface area contributed by atoms with Gasteiger partial charge in [0.25, 0.3) is 5.91 Å². The van der Waals surface area contributed by atoms with Crippen LogP contribution in [0.4, 0.5) is 0 Å². The molecule has 2 heterocycles. The van der Waals surface area contributed by atoms with E-state index in [2.05, 4.69) is 10.4 Å². The Kier molecular flexibility index (Phi) is 3.16. The first-order valence-electron chi connectivity index (χ1n) is 7.28. The Morgan fingerprint density at radius 1 is 0.913 bits per heavy atom. The number of hydrogen-bond acceptors (Lipinski definition) is 2. The molecular formula is C18H14N4O. The van der Waals surface area contributed by atoms with Crippen molar-refractivity contribution in [3.63, 3.8) is 0 Å². The van der Waals surface area contributed by atoms with Crippen LogP contribution in [0.25, 0.3) is 16.7 Å². The van der Waals surface area contributed by atoms with Crippen molar-refractivity contribution in [1.29, 1.82) is 0 Å². The van der Waals surface area contributed by atoms with Gasteiger partial charge in [0.1, 0.15) is 6.33 Å². The van der Waals surface area contributed by atoms with Crippen molar-refractivity contribution in [2.24, 2.45) is 0 Å². The van der Waals surface area contributed by atoms with Gasteiger partial charge in [-0.1, -0.05) is 12.1 Å². The minimum absolute atomic E-state index is 0.174. The van der Waals surface area contributed by atoms with Crippen LogP contribution < -0.4 is 5.43 Å². The lowest BCUT2D eigenvalue weighted by Crippen LogP contribution is -2.21. The molecule has 0 spiro atoms. The molecule has 5 heteroatoms. The van der Waals surface area contributed by atoms with Gasteiger partial charge in [0.05, 0.1) is 11.0 Å². The molecule has 0 radical (unpaired) electrons. The van der Waals surface area contributed by atoms with Crippen LogP contribution in [-0.2, 0) is 0 Å². The van der Waals surface area contributed by atoms with E-state index in [1.165, 1.54) is 0 Å². The number of para-hydroxylation sites is 2. The van der Waals surface area contributed by atoms with Gasteiger partial charge in [-0.2, -0.15) is 0 Å². The smallest absolute Gasteiger partial charge is 0.270 e. The molecule has 4 rings (SSSR count). The molecule has 0 bridgehead atoms. The minimum Gasteiger partial charge on any atom is -0.324 e. The van der Waals surface area contributed by atoms with Crippen molar-refractivity contribution in [2.75, 3.05) is 5.43 Å². The van der Waals surface area contributed by atoms with E-state index in [-0.39, 0.29) is 5.91 Å². The summed E-state index contributed by atoms with van der Waals surface area (Å²) >= 11 is 0. The molecule has 0 saturated heterocycles. The molecule has 0 atom stereocenters. The van der Waals surface area contributed by atoms with E-state index >= 15 is 0 Å². The normalized spacial score (nSPS) is 10.8. The number of hydrogen-bond donors (Lipinski definition) is 1. The summed E-state index contributed by atoms with van der Waals surface area (Å²) in [5, 5.41) is 0. The van der Waals surface area contributed by atoms with Crippen molar-refractivity contribution in [3.05, 3.63) is 84.9 Å². The summed E-state index contributed by atoms with van der Waals surface area (Å²) < 4.78 is 3.63. The monoisotopic (exact) mass is 302 g/mol. The van der Waals surface area contributed by atoms with Crippen LogP contribution in [0.15, 0.2) is 79.4 Å². The molecule has 2 aromatic carbocycles. The molecule has 0 aliphatic rings. The molecule has 23 heavy (non-hydrogen) atoms. The second-order valence-electron chi connectivity index (χ2n) is 5.18. The zero-order chi connectivity index (χ0) is 15.6. The van der Waals surface area contributed by atoms with Crippen molar-refractivity contribution in [3.8, 4) is 5.69 Å². The van der Waals surface area contributed by atoms with Crippen molar-refractivity contribution >= 4 is 16.9 Å². The van der Waals surface area contributed by atoms with Crippen LogP contribution in [0.5, 0.6) is 0 Å². The van der Waals surface area contributed by atoms with Crippen LogP contribution in [0, 0.1) is 0 Å². The van der Waals surface area contributed by atoms with Gasteiger partial charge in [-0.3, -0.25) is 10.2 Å². The van der Waals surface area contributed by atoms with E-state index in [9.17, 15) is 4.79 Å². The highest BCUT2D eigenvalue weighted by Crippen LogP contribution is 2.12. The zero-order valence-corrected chi connectivity index (χ0v) is 12.3. The van der Waals surface area contributed by atoms with Gasteiger partial charge < -0.3 is 4.57 Å². The first-order valence-corrected chi connectivity index (χ1v) is 7.28. The third kappa shape index (κ3) is 2.48. The first kappa shape index (κ1) is 13.3. The Morgan fingerprint density at radius 2 is 1.65 bits per heavy atom. The van der Waals surface area contributed by atoms with E-state index in [0.717, 1.165) is 16.7 Å². The average molecular weight is 302 g/mol. The molecule has 112 valence electrons. The Bertz CT molecular complexity index is 952. The highest BCUT2D eigenvalue weighted by molar-refractivity contribution is 6.00. The third-order valence-electron chi connectivity index (χ3n) is 3.71. The number of carbonyl (C=O) groups is 1. The maximum Gasteiger partial charge on any atom is 0.270 e. The van der Waals surface area contributed by atoms with Crippen LogP contribution in [0.1, 0.15) is 10.4 Å². The third-order valence-corrected chi connectivity index (χ3v) is 3.71. The maximum atomic E-state index is 12.4. The lowest BCUT2D eigenvalue weighted by molar-refractivity contribution is 0.101. The van der Waals surface area contributed by atoms with E-state index in [0.29, 0.717) is 5.56 Å². The molecule has 0 aliphatic carbocycles. The van der Waals surface area contributed by atoms with Crippen LogP contribution in [0.3, 0.4) is 0 Å². The van der Waals surface area contributed by atoms with E-state index < -0.39 is 0 Å². The number of benzene rings is 2. The number of fused-ring (bicyclic) bond motifs is 1. The number of carbonyl (C=O) groups excluding carboxylic acids is 1. The predicted molar refractivity (Wildman–Crippen MR) is 89.2 cm³/mol. The molecule has 1 N–H and O–H groups in total. The maximum absolute atomic E-state index is 12.4. The molecule has 0 saturated carbocycles. The number of amides is 1. The molecule has 5 nitrogen and oxygen atoms in total. The number of rotatable bonds is 3. The average Bonchev–Trinajstić information content (AvgIpc) is 3.25. The molecule has 4 aromatic rings. The van der Waals surface area contributed by atoms with Gasteiger partial charge in [0.15, 0.2) is 0 Å². The second kappa shape index (κ2) is 5.46. The fourth-order valence-electron chi connectivity index (χ4n) is 2.51.